The number of rotatable bonds is 0. The Morgan fingerprint density at radius 3 is 1.00 bits per heavy atom. The van der Waals surface area contributed by atoms with Crippen LogP contribution in [0.25, 0.3) is 0 Å². The van der Waals surface area contributed by atoms with Crippen LogP contribution in [0.1, 0.15) is 0 Å². The van der Waals surface area contributed by atoms with Crippen molar-refractivity contribution in [1.82, 2.24) is 4.98 Å². The summed E-state index contributed by atoms with van der Waals surface area (Å²) in [5.74, 6) is 0. The first kappa shape index (κ1) is 10.8. The van der Waals surface area contributed by atoms with Gasteiger partial charge in [-0.2, -0.15) is 13.5 Å². The average Bonchev–Trinajstić information content (AvgIpc) is 2.64. The maximum atomic E-state index is 2.86. The van der Waals surface area contributed by atoms with Crippen LogP contribution in [0.4, 0.5) is 0 Å². The Morgan fingerprint density at radius 2 is 0.833 bits per heavy atom. The third-order valence-electron chi connectivity index (χ3n) is 1.16. The van der Waals surface area contributed by atoms with Crippen molar-refractivity contribution < 1.29 is 0 Å². The van der Waals surface area contributed by atoms with Gasteiger partial charge in [-0.25, -0.2) is 0 Å². The van der Waals surface area contributed by atoms with Crippen LogP contribution in [0, 0.1) is 0 Å². The molecule has 2 aromatic rings. The van der Waals surface area contributed by atoms with Crippen molar-refractivity contribution in [2.24, 2.45) is 0 Å². The number of nitrogens with one attached hydrogen (secondary N) is 1. The highest BCUT2D eigenvalue weighted by atomic mass is 32.1. The summed E-state index contributed by atoms with van der Waals surface area (Å²) in [6.07, 6.45) is 3.75. The molecule has 12 heavy (non-hydrogen) atoms. The summed E-state index contributed by atoms with van der Waals surface area (Å²) < 4.78 is 0. The van der Waals surface area contributed by atoms with Gasteiger partial charge < -0.3 is 4.98 Å². The molecule has 1 heterocycles. The van der Waals surface area contributed by atoms with Gasteiger partial charge in [0.2, 0.25) is 0 Å². The van der Waals surface area contributed by atoms with E-state index >= 15 is 0 Å². The summed E-state index contributed by atoms with van der Waals surface area (Å²) >= 11 is 0. The molecule has 1 nitrogen and oxygen atoms in total. The van der Waals surface area contributed by atoms with Gasteiger partial charge in [-0.15, -0.1) is 0 Å². The van der Waals surface area contributed by atoms with Crippen molar-refractivity contribution in [3.05, 3.63) is 60.9 Å². The van der Waals surface area contributed by atoms with Gasteiger partial charge in [0.25, 0.3) is 0 Å². The van der Waals surface area contributed by atoms with Crippen molar-refractivity contribution in [3.63, 3.8) is 0 Å². The summed E-state index contributed by atoms with van der Waals surface area (Å²) in [6, 6.07) is 15.9. The molecule has 0 amide bonds. The highest BCUT2D eigenvalue weighted by Gasteiger charge is 1.58. The van der Waals surface area contributed by atoms with E-state index in [1.54, 1.807) is 0 Å². The fourth-order valence-electron chi connectivity index (χ4n) is 0.663. The molecule has 1 N–H and O–H groups in total. The molecule has 0 fully saturated rings. The smallest absolute Gasteiger partial charge is 0.000496 e. The van der Waals surface area contributed by atoms with Crippen molar-refractivity contribution in [3.8, 4) is 0 Å². The van der Waals surface area contributed by atoms with Gasteiger partial charge in [-0.05, 0) is 12.1 Å². The summed E-state index contributed by atoms with van der Waals surface area (Å²) in [4.78, 5) is 2.86. The van der Waals surface area contributed by atoms with Crippen LogP contribution in [0.5, 0.6) is 0 Å². The minimum absolute atomic E-state index is 0. The monoisotopic (exact) mass is 179 g/mol. The Labute approximate surface area is 79.9 Å². The second-order valence-corrected chi connectivity index (χ2v) is 2.04. The van der Waals surface area contributed by atoms with E-state index < -0.39 is 0 Å². The van der Waals surface area contributed by atoms with Crippen LogP contribution in [0.2, 0.25) is 0 Å². The summed E-state index contributed by atoms with van der Waals surface area (Å²) in [5, 5.41) is 0. The highest BCUT2D eigenvalue weighted by Crippen LogP contribution is 1.79. The molecule has 0 radical (unpaired) electrons. The predicted octanol–water partition coefficient (Wildman–Crippen LogP) is 2.81. The number of aromatic nitrogens is 1. The first-order chi connectivity index (χ1) is 5.50. The number of benzene rings is 1. The molecule has 0 aliphatic carbocycles. The molecule has 0 aliphatic rings. The van der Waals surface area contributed by atoms with Crippen LogP contribution in [-0.2, 0) is 0 Å². The Morgan fingerprint density at radius 1 is 0.500 bits per heavy atom. The van der Waals surface area contributed by atoms with Gasteiger partial charge in [-0.1, -0.05) is 36.4 Å². The highest BCUT2D eigenvalue weighted by molar-refractivity contribution is 7.59. The van der Waals surface area contributed by atoms with Gasteiger partial charge in [-0.3, -0.25) is 0 Å². The van der Waals surface area contributed by atoms with Crippen molar-refractivity contribution >= 4 is 13.5 Å². The molecule has 0 atom stereocenters. The molecular weight excluding hydrogens is 166 g/mol. The molecule has 0 unspecified atom stereocenters. The van der Waals surface area contributed by atoms with Gasteiger partial charge in [0, 0.05) is 12.4 Å². The lowest BCUT2D eigenvalue weighted by Gasteiger charge is -1.69. The quantitative estimate of drug-likeness (QED) is 0.640. The van der Waals surface area contributed by atoms with Crippen LogP contribution in [0.3, 0.4) is 0 Å². The van der Waals surface area contributed by atoms with E-state index in [1.165, 1.54) is 0 Å². The number of hydrogen-bond donors (Lipinski definition) is 1. The van der Waals surface area contributed by atoms with Gasteiger partial charge in [0.15, 0.2) is 0 Å². The molecule has 0 saturated carbocycles. The zero-order valence-electron chi connectivity index (χ0n) is 6.77. The van der Waals surface area contributed by atoms with Crippen LogP contribution in [0.15, 0.2) is 60.9 Å². The molecule has 2 rings (SSSR count). The molecule has 0 aliphatic heterocycles. The number of H-pyrrole nitrogens is 1. The minimum Gasteiger partial charge on any atom is -0.368 e. The summed E-state index contributed by atoms with van der Waals surface area (Å²) in [5.41, 5.74) is 0. The first-order valence-electron chi connectivity index (χ1n) is 3.58. The Bertz CT molecular complexity index is 196. The molecule has 1 aromatic carbocycles. The largest absolute Gasteiger partial charge is 0.368 e. The molecule has 0 spiro atoms. The summed E-state index contributed by atoms with van der Waals surface area (Å²) in [7, 11) is 0. The van der Waals surface area contributed by atoms with Gasteiger partial charge in [0.1, 0.15) is 0 Å². The Hall–Kier alpha value is -1.15. The molecule has 1 aromatic heterocycles. The zero-order chi connectivity index (χ0) is 7.78. The third kappa shape index (κ3) is 5.62. The minimum atomic E-state index is 0. The SMILES string of the molecule is S.c1cc[nH]c1.c1ccccc1. The van der Waals surface area contributed by atoms with Crippen LogP contribution >= 0.6 is 13.5 Å². The van der Waals surface area contributed by atoms with Gasteiger partial charge >= 0.3 is 0 Å². The van der Waals surface area contributed by atoms with E-state index in [1.807, 2.05) is 60.9 Å². The zero-order valence-corrected chi connectivity index (χ0v) is 7.77. The normalized spacial score (nSPS) is 7.33. The predicted molar refractivity (Wildman–Crippen MR) is 57.6 cm³/mol. The molecule has 0 saturated heterocycles. The average molecular weight is 179 g/mol. The second kappa shape index (κ2) is 7.95. The Balaban J connectivity index is 0.000000189. The molecular formula is C10H13NS. The maximum absolute atomic E-state index is 2.86. The molecule has 0 bridgehead atoms. The Kier molecular flexibility index (Phi) is 7.19. The van der Waals surface area contributed by atoms with Crippen LogP contribution in [-0.4, -0.2) is 4.98 Å². The fourth-order valence-corrected chi connectivity index (χ4v) is 0.663. The topological polar surface area (TPSA) is 15.8 Å². The number of aromatic amines is 1. The third-order valence-corrected chi connectivity index (χ3v) is 1.16. The lowest BCUT2D eigenvalue weighted by molar-refractivity contribution is 1.42. The van der Waals surface area contributed by atoms with Crippen molar-refractivity contribution in [2.75, 3.05) is 0 Å². The molecule has 64 valence electrons. The second-order valence-electron chi connectivity index (χ2n) is 2.04. The molecule has 2 heteroatoms. The maximum Gasteiger partial charge on any atom is 0.000496 e. The fraction of sp³-hybridized carbons (Fsp3) is 0. The first-order valence-corrected chi connectivity index (χ1v) is 3.58. The summed E-state index contributed by atoms with van der Waals surface area (Å²) in [6.45, 7) is 0. The van der Waals surface area contributed by atoms with E-state index in [-0.39, 0.29) is 13.5 Å². The van der Waals surface area contributed by atoms with Crippen molar-refractivity contribution in [2.45, 2.75) is 0 Å². The van der Waals surface area contributed by atoms with Crippen LogP contribution < -0.4 is 0 Å². The lowest BCUT2D eigenvalue weighted by Crippen LogP contribution is -1.47. The van der Waals surface area contributed by atoms with E-state index in [2.05, 4.69) is 4.98 Å². The van der Waals surface area contributed by atoms with E-state index in [0.717, 1.165) is 0 Å². The van der Waals surface area contributed by atoms with Crippen molar-refractivity contribution in [1.29, 1.82) is 0 Å². The standard InChI is InChI=1S/C6H6.C4H5N.H2S/c1-2-4-6-5-3-1;1-2-4-5-3-1;/h1-6H;1-5H;1H2. The lowest BCUT2D eigenvalue weighted by atomic mass is 10.4. The van der Waals surface area contributed by atoms with E-state index in [0.29, 0.717) is 0 Å². The van der Waals surface area contributed by atoms with Gasteiger partial charge in [0.05, 0.1) is 0 Å². The number of hydrogen-bond acceptors (Lipinski definition) is 0. The van der Waals surface area contributed by atoms with E-state index in [9.17, 15) is 0 Å². The van der Waals surface area contributed by atoms with E-state index in [4.69, 9.17) is 0 Å².